The van der Waals surface area contributed by atoms with Crippen LogP contribution in [0.1, 0.15) is 10.4 Å². The van der Waals surface area contributed by atoms with Crippen molar-refractivity contribution in [3.8, 4) is 16.9 Å². The van der Waals surface area contributed by atoms with Crippen molar-refractivity contribution in [1.29, 1.82) is 0 Å². The van der Waals surface area contributed by atoms with E-state index < -0.39 is 11.6 Å². The first-order valence-electron chi connectivity index (χ1n) is 6.37. The first-order chi connectivity index (χ1) is 10.6. The lowest BCUT2D eigenvalue weighted by atomic mass is 10.1. The lowest BCUT2D eigenvalue weighted by Crippen LogP contribution is -1.96. The van der Waals surface area contributed by atoms with Gasteiger partial charge in [0.2, 0.25) is 0 Å². The van der Waals surface area contributed by atoms with Crippen LogP contribution in [0, 0.1) is 11.6 Å². The summed E-state index contributed by atoms with van der Waals surface area (Å²) >= 11 is 6.16. The minimum atomic E-state index is -1.07. The van der Waals surface area contributed by atoms with Crippen LogP contribution in [0.3, 0.4) is 0 Å². The molecule has 22 heavy (non-hydrogen) atoms. The molecule has 0 aliphatic heterocycles. The van der Waals surface area contributed by atoms with Crippen molar-refractivity contribution in [2.75, 3.05) is 0 Å². The molecular weight excluding hydrogens is 310 g/mol. The van der Waals surface area contributed by atoms with Gasteiger partial charge in [-0.15, -0.1) is 0 Å². The monoisotopic (exact) mass is 318 g/mol. The smallest absolute Gasteiger partial charge is 0.168 e. The third-order valence-corrected chi connectivity index (χ3v) is 3.55. The topological polar surface area (TPSA) is 34.9 Å². The standard InChI is InChI=1S/C16H9ClF2N2O/c17-16-12(9-22)15(11-7-4-8-13(18)14(11)19)20-21(16)10-5-2-1-3-6-10/h1-9H. The second-order valence-corrected chi connectivity index (χ2v) is 4.88. The summed E-state index contributed by atoms with van der Waals surface area (Å²) in [6.07, 6.45) is 0.481. The van der Waals surface area contributed by atoms with Gasteiger partial charge < -0.3 is 0 Å². The normalized spacial score (nSPS) is 10.7. The van der Waals surface area contributed by atoms with Gasteiger partial charge in [0.25, 0.3) is 0 Å². The van der Waals surface area contributed by atoms with Gasteiger partial charge in [-0.2, -0.15) is 5.10 Å². The van der Waals surface area contributed by atoms with Crippen molar-refractivity contribution in [3.05, 3.63) is 70.9 Å². The molecule has 2 aromatic carbocycles. The average molecular weight is 319 g/mol. The zero-order valence-corrected chi connectivity index (χ0v) is 11.9. The van der Waals surface area contributed by atoms with Crippen molar-refractivity contribution in [3.63, 3.8) is 0 Å². The molecule has 1 heterocycles. The maximum Gasteiger partial charge on any atom is 0.168 e. The van der Waals surface area contributed by atoms with Crippen molar-refractivity contribution in [1.82, 2.24) is 9.78 Å². The van der Waals surface area contributed by atoms with Gasteiger partial charge in [-0.1, -0.05) is 35.9 Å². The van der Waals surface area contributed by atoms with E-state index in [4.69, 9.17) is 11.6 Å². The number of halogens is 3. The Hall–Kier alpha value is -2.53. The molecule has 0 spiro atoms. The lowest BCUT2D eigenvalue weighted by Gasteiger charge is -2.02. The number of hydrogen-bond donors (Lipinski definition) is 0. The molecule has 1 aromatic heterocycles. The third kappa shape index (κ3) is 2.29. The van der Waals surface area contributed by atoms with Gasteiger partial charge in [0.05, 0.1) is 11.3 Å². The fourth-order valence-corrected chi connectivity index (χ4v) is 2.41. The highest BCUT2D eigenvalue weighted by Gasteiger charge is 2.21. The molecular formula is C16H9ClF2N2O. The highest BCUT2D eigenvalue weighted by Crippen LogP contribution is 2.31. The molecule has 0 unspecified atom stereocenters. The minimum absolute atomic E-state index is 0.000790. The maximum absolute atomic E-state index is 14.0. The van der Waals surface area contributed by atoms with E-state index in [0.717, 1.165) is 6.07 Å². The number of carbonyl (C=O) groups is 1. The molecule has 0 radical (unpaired) electrons. The molecule has 3 nitrogen and oxygen atoms in total. The number of para-hydroxylation sites is 1. The van der Waals surface area contributed by atoms with Gasteiger partial charge in [-0.25, -0.2) is 13.5 Å². The molecule has 0 aliphatic rings. The van der Waals surface area contributed by atoms with Crippen LogP contribution in [0.25, 0.3) is 16.9 Å². The molecule has 0 atom stereocenters. The molecule has 0 bridgehead atoms. The van der Waals surface area contributed by atoms with E-state index in [1.165, 1.54) is 16.8 Å². The van der Waals surface area contributed by atoms with Crippen LogP contribution < -0.4 is 0 Å². The predicted molar refractivity (Wildman–Crippen MR) is 79.3 cm³/mol. The minimum Gasteiger partial charge on any atom is -0.298 e. The van der Waals surface area contributed by atoms with Gasteiger partial charge in [0.15, 0.2) is 17.9 Å². The molecule has 0 fully saturated rings. The van der Waals surface area contributed by atoms with Crippen molar-refractivity contribution < 1.29 is 13.6 Å². The maximum atomic E-state index is 14.0. The Labute approximate surface area is 129 Å². The quantitative estimate of drug-likeness (QED) is 0.675. The zero-order chi connectivity index (χ0) is 15.7. The van der Waals surface area contributed by atoms with Crippen LogP contribution in [-0.4, -0.2) is 16.1 Å². The molecule has 0 saturated carbocycles. The van der Waals surface area contributed by atoms with E-state index in [1.54, 1.807) is 24.3 Å². The number of aldehydes is 1. The first-order valence-corrected chi connectivity index (χ1v) is 6.74. The van der Waals surface area contributed by atoms with Crippen LogP contribution in [0.2, 0.25) is 5.15 Å². The number of nitrogens with zero attached hydrogens (tertiary/aromatic N) is 2. The van der Waals surface area contributed by atoms with Crippen molar-refractivity contribution in [2.45, 2.75) is 0 Å². The summed E-state index contributed by atoms with van der Waals surface area (Å²) in [7, 11) is 0. The summed E-state index contributed by atoms with van der Waals surface area (Å²) in [5.74, 6) is -2.08. The molecule has 3 aromatic rings. The number of rotatable bonds is 3. The predicted octanol–water partition coefficient (Wildman–Crippen LogP) is 4.28. The van der Waals surface area contributed by atoms with Crippen molar-refractivity contribution >= 4 is 17.9 Å². The second-order valence-electron chi connectivity index (χ2n) is 4.52. The van der Waals surface area contributed by atoms with Gasteiger partial charge in [0, 0.05) is 5.56 Å². The van der Waals surface area contributed by atoms with Crippen LogP contribution in [0.5, 0.6) is 0 Å². The summed E-state index contributed by atoms with van der Waals surface area (Å²) in [6.45, 7) is 0. The molecule has 0 saturated heterocycles. The molecule has 6 heteroatoms. The van der Waals surface area contributed by atoms with Crippen LogP contribution in [0.4, 0.5) is 8.78 Å². The van der Waals surface area contributed by atoms with Crippen molar-refractivity contribution in [2.24, 2.45) is 0 Å². The van der Waals surface area contributed by atoms with E-state index in [9.17, 15) is 13.6 Å². The summed E-state index contributed by atoms with van der Waals surface area (Å²) < 4.78 is 28.7. The number of hydrogen-bond acceptors (Lipinski definition) is 2. The Morgan fingerprint density at radius 2 is 1.77 bits per heavy atom. The van der Waals surface area contributed by atoms with E-state index in [1.807, 2.05) is 6.07 Å². The van der Waals surface area contributed by atoms with Gasteiger partial charge in [0.1, 0.15) is 10.8 Å². The third-order valence-electron chi connectivity index (χ3n) is 3.19. The molecule has 0 N–H and O–H groups in total. The van der Waals surface area contributed by atoms with Gasteiger partial charge >= 0.3 is 0 Å². The Balaban J connectivity index is 2.25. The van der Waals surface area contributed by atoms with E-state index >= 15 is 0 Å². The molecule has 0 aliphatic carbocycles. The number of aromatic nitrogens is 2. The molecule has 3 rings (SSSR count). The van der Waals surface area contributed by atoms with Gasteiger partial charge in [-0.3, -0.25) is 4.79 Å². The number of carbonyl (C=O) groups excluding carboxylic acids is 1. The molecule has 110 valence electrons. The molecule has 0 amide bonds. The fraction of sp³-hybridized carbons (Fsp3) is 0. The fourth-order valence-electron chi connectivity index (χ4n) is 2.14. The first kappa shape index (κ1) is 14.4. The summed E-state index contributed by atoms with van der Waals surface area (Å²) in [5.41, 5.74) is 0.508. The summed E-state index contributed by atoms with van der Waals surface area (Å²) in [4.78, 5) is 11.3. The largest absolute Gasteiger partial charge is 0.298 e. The highest BCUT2D eigenvalue weighted by molar-refractivity contribution is 6.32. The second kappa shape index (κ2) is 5.69. The van der Waals surface area contributed by atoms with E-state index in [0.29, 0.717) is 12.0 Å². The summed E-state index contributed by atoms with van der Waals surface area (Å²) in [6, 6.07) is 12.5. The lowest BCUT2D eigenvalue weighted by molar-refractivity contribution is 0.112. The zero-order valence-electron chi connectivity index (χ0n) is 11.1. The van der Waals surface area contributed by atoms with Gasteiger partial charge in [-0.05, 0) is 24.3 Å². The summed E-state index contributed by atoms with van der Waals surface area (Å²) in [5, 5.41) is 4.21. The van der Waals surface area contributed by atoms with Crippen LogP contribution in [-0.2, 0) is 0 Å². The Morgan fingerprint density at radius 1 is 1.05 bits per heavy atom. The van der Waals surface area contributed by atoms with E-state index in [-0.39, 0.29) is 22.0 Å². The Kier molecular flexibility index (Phi) is 3.73. The number of benzene rings is 2. The average Bonchev–Trinajstić information content (AvgIpc) is 2.87. The Morgan fingerprint density at radius 3 is 2.45 bits per heavy atom. The van der Waals surface area contributed by atoms with E-state index in [2.05, 4.69) is 5.10 Å². The van der Waals surface area contributed by atoms with Crippen LogP contribution in [0.15, 0.2) is 48.5 Å². The van der Waals surface area contributed by atoms with Crippen LogP contribution >= 0.6 is 11.6 Å². The SMILES string of the molecule is O=Cc1c(-c2cccc(F)c2F)nn(-c2ccccc2)c1Cl. The highest BCUT2D eigenvalue weighted by atomic mass is 35.5. The Bertz CT molecular complexity index is 847.